The van der Waals surface area contributed by atoms with Crippen LogP contribution in [0.2, 0.25) is 0 Å². The number of rotatable bonds is 5. The van der Waals surface area contributed by atoms with Gasteiger partial charge < -0.3 is 10.6 Å². The second kappa shape index (κ2) is 8.10. The highest BCUT2D eigenvalue weighted by molar-refractivity contribution is 7.89. The standard InChI is InChI=1S/C20H25N3O3S/c1-15-10-12-18(13-11-15)27(25,26)23-14-6-9-19(23)22-20(24)21-16(2)17-7-4-3-5-8-17/h3-5,7-8,10-13,16,19H,6,9,14H2,1-2H3,(H2,21,22,24)/t16-,19+/m1/s1. The van der Waals surface area contributed by atoms with Crippen molar-refractivity contribution in [2.75, 3.05) is 6.54 Å². The van der Waals surface area contributed by atoms with Crippen LogP contribution in [-0.4, -0.2) is 31.5 Å². The largest absolute Gasteiger partial charge is 0.332 e. The third kappa shape index (κ3) is 4.48. The molecule has 0 aromatic heterocycles. The highest BCUT2D eigenvalue weighted by Gasteiger charge is 2.36. The number of benzene rings is 2. The average Bonchev–Trinajstić information content (AvgIpc) is 3.11. The van der Waals surface area contributed by atoms with Crippen molar-refractivity contribution in [1.82, 2.24) is 14.9 Å². The summed E-state index contributed by atoms with van der Waals surface area (Å²) in [4.78, 5) is 12.6. The summed E-state index contributed by atoms with van der Waals surface area (Å²) in [6.45, 7) is 4.20. The van der Waals surface area contributed by atoms with Crippen molar-refractivity contribution in [2.45, 2.75) is 43.8 Å². The van der Waals surface area contributed by atoms with E-state index in [-0.39, 0.29) is 17.0 Å². The molecule has 2 amide bonds. The van der Waals surface area contributed by atoms with Gasteiger partial charge in [0, 0.05) is 6.54 Å². The smallest absolute Gasteiger partial charge is 0.316 e. The zero-order valence-corrected chi connectivity index (χ0v) is 16.4. The average molecular weight is 388 g/mol. The molecule has 0 saturated carbocycles. The summed E-state index contributed by atoms with van der Waals surface area (Å²) >= 11 is 0. The Kier molecular flexibility index (Phi) is 5.82. The molecule has 3 rings (SSSR count). The van der Waals surface area contributed by atoms with Crippen LogP contribution in [0.25, 0.3) is 0 Å². The van der Waals surface area contributed by atoms with E-state index in [2.05, 4.69) is 10.6 Å². The molecule has 1 saturated heterocycles. The molecule has 2 aromatic rings. The Bertz CT molecular complexity index is 882. The molecular weight excluding hydrogens is 362 g/mol. The molecule has 0 bridgehead atoms. The van der Waals surface area contributed by atoms with E-state index >= 15 is 0 Å². The number of carbonyl (C=O) groups excluding carboxylic acids is 1. The van der Waals surface area contributed by atoms with Crippen molar-refractivity contribution >= 4 is 16.1 Å². The first-order chi connectivity index (χ1) is 12.9. The lowest BCUT2D eigenvalue weighted by atomic mass is 10.1. The lowest BCUT2D eigenvalue weighted by molar-refractivity contribution is 0.225. The summed E-state index contributed by atoms with van der Waals surface area (Å²) < 4.78 is 27.3. The number of nitrogens with one attached hydrogen (secondary N) is 2. The predicted molar refractivity (Wildman–Crippen MR) is 105 cm³/mol. The van der Waals surface area contributed by atoms with Crippen molar-refractivity contribution < 1.29 is 13.2 Å². The van der Waals surface area contributed by atoms with E-state index in [1.807, 2.05) is 44.2 Å². The lowest BCUT2D eigenvalue weighted by Gasteiger charge is -2.26. The Hall–Kier alpha value is -2.38. The van der Waals surface area contributed by atoms with E-state index < -0.39 is 16.2 Å². The Morgan fingerprint density at radius 1 is 1.11 bits per heavy atom. The van der Waals surface area contributed by atoms with Crippen LogP contribution in [-0.2, 0) is 10.0 Å². The first-order valence-electron chi connectivity index (χ1n) is 9.08. The highest BCUT2D eigenvalue weighted by Crippen LogP contribution is 2.25. The molecule has 0 radical (unpaired) electrons. The number of sulfonamides is 1. The van der Waals surface area contributed by atoms with Crippen molar-refractivity contribution in [2.24, 2.45) is 0 Å². The summed E-state index contributed by atoms with van der Waals surface area (Å²) in [5.74, 6) is 0. The van der Waals surface area contributed by atoms with Gasteiger partial charge in [-0.3, -0.25) is 0 Å². The molecule has 1 aliphatic heterocycles. The Labute approximate surface area is 160 Å². The molecule has 2 aromatic carbocycles. The Morgan fingerprint density at radius 2 is 1.78 bits per heavy atom. The number of aryl methyl sites for hydroxylation is 1. The molecule has 144 valence electrons. The molecule has 0 spiro atoms. The monoisotopic (exact) mass is 387 g/mol. The maximum atomic E-state index is 12.9. The van der Waals surface area contributed by atoms with Gasteiger partial charge in [0.25, 0.3) is 0 Å². The van der Waals surface area contributed by atoms with Crippen LogP contribution in [0.5, 0.6) is 0 Å². The molecule has 1 heterocycles. The molecular formula is C20H25N3O3S. The molecule has 2 atom stereocenters. The molecule has 7 heteroatoms. The van der Waals surface area contributed by atoms with E-state index in [1.54, 1.807) is 24.3 Å². The first kappa shape index (κ1) is 19.4. The van der Waals surface area contributed by atoms with E-state index in [0.717, 1.165) is 11.1 Å². The number of amides is 2. The van der Waals surface area contributed by atoms with Crippen molar-refractivity contribution in [3.63, 3.8) is 0 Å². The molecule has 6 nitrogen and oxygen atoms in total. The SMILES string of the molecule is Cc1ccc(S(=O)(=O)N2CCC[C@H]2NC(=O)N[C@H](C)c2ccccc2)cc1. The van der Waals surface area contributed by atoms with Gasteiger partial charge in [-0.1, -0.05) is 48.0 Å². The minimum Gasteiger partial charge on any atom is -0.332 e. The maximum Gasteiger partial charge on any atom is 0.316 e. The highest BCUT2D eigenvalue weighted by atomic mass is 32.2. The molecule has 1 fully saturated rings. The molecule has 2 N–H and O–H groups in total. The Balaban J connectivity index is 1.67. The van der Waals surface area contributed by atoms with Crippen LogP contribution in [0.4, 0.5) is 4.79 Å². The van der Waals surface area contributed by atoms with Crippen molar-refractivity contribution in [3.05, 3.63) is 65.7 Å². The summed E-state index contributed by atoms with van der Waals surface area (Å²) in [5, 5.41) is 5.68. The van der Waals surface area contributed by atoms with Gasteiger partial charge >= 0.3 is 6.03 Å². The number of carbonyl (C=O) groups is 1. The van der Waals surface area contributed by atoms with E-state index in [9.17, 15) is 13.2 Å². The summed E-state index contributed by atoms with van der Waals surface area (Å²) in [6, 6.07) is 15.9. The van der Waals surface area contributed by atoms with E-state index in [0.29, 0.717) is 19.4 Å². The molecule has 0 unspecified atom stereocenters. The van der Waals surface area contributed by atoms with E-state index in [1.165, 1.54) is 4.31 Å². The van der Waals surface area contributed by atoms with E-state index in [4.69, 9.17) is 0 Å². The van der Waals surface area contributed by atoms with Gasteiger partial charge in [0.15, 0.2) is 0 Å². The van der Waals surface area contributed by atoms with Gasteiger partial charge in [0.1, 0.15) is 0 Å². The quantitative estimate of drug-likeness (QED) is 0.827. The van der Waals surface area contributed by atoms with Gasteiger partial charge in [-0.2, -0.15) is 4.31 Å². The summed E-state index contributed by atoms with van der Waals surface area (Å²) in [6.07, 6.45) is 0.766. The number of hydrogen-bond acceptors (Lipinski definition) is 3. The third-order valence-corrected chi connectivity index (χ3v) is 6.70. The minimum absolute atomic E-state index is 0.172. The minimum atomic E-state index is -3.64. The van der Waals surface area contributed by atoms with Crippen LogP contribution < -0.4 is 10.6 Å². The summed E-state index contributed by atoms with van der Waals surface area (Å²) in [5.41, 5.74) is 1.99. The second-order valence-corrected chi connectivity index (χ2v) is 8.73. The van der Waals surface area contributed by atoms with Gasteiger partial charge in [0.05, 0.1) is 17.1 Å². The predicted octanol–water partition coefficient (Wildman–Crippen LogP) is 3.17. The zero-order valence-electron chi connectivity index (χ0n) is 15.6. The summed E-state index contributed by atoms with van der Waals surface area (Å²) in [7, 11) is -3.64. The van der Waals surface area contributed by atoms with Gasteiger partial charge in [0.2, 0.25) is 10.0 Å². The lowest BCUT2D eigenvalue weighted by Crippen LogP contribution is -2.50. The van der Waals surface area contributed by atoms with Gasteiger partial charge in [-0.25, -0.2) is 13.2 Å². The fraction of sp³-hybridized carbons (Fsp3) is 0.350. The molecule has 1 aliphatic rings. The second-order valence-electron chi connectivity index (χ2n) is 6.84. The topological polar surface area (TPSA) is 78.5 Å². The van der Waals surface area contributed by atoms with Crippen LogP contribution in [0.3, 0.4) is 0 Å². The molecule has 0 aliphatic carbocycles. The number of nitrogens with zero attached hydrogens (tertiary/aromatic N) is 1. The van der Waals surface area contributed by atoms with Crippen LogP contribution in [0.15, 0.2) is 59.5 Å². The maximum absolute atomic E-state index is 12.9. The van der Waals surface area contributed by atoms with Crippen LogP contribution >= 0.6 is 0 Å². The zero-order chi connectivity index (χ0) is 19.4. The fourth-order valence-electron chi connectivity index (χ4n) is 3.23. The van der Waals surface area contributed by atoms with Crippen molar-refractivity contribution in [3.8, 4) is 0 Å². The normalized spacial score (nSPS) is 18.8. The van der Waals surface area contributed by atoms with Crippen LogP contribution in [0, 0.1) is 6.92 Å². The Morgan fingerprint density at radius 3 is 2.44 bits per heavy atom. The van der Waals surface area contributed by atoms with Crippen molar-refractivity contribution in [1.29, 1.82) is 0 Å². The first-order valence-corrected chi connectivity index (χ1v) is 10.5. The molecule has 27 heavy (non-hydrogen) atoms. The number of hydrogen-bond donors (Lipinski definition) is 2. The van der Waals surface area contributed by atoms with Gasteiger partial charge in [-0.15, -0.1) is 0 Å². The van der Waals surface area contributed by atoms with Crippen LogP contribution in [0.1, 0.15) is 36.9 Å². The van der Waals surface area contributed by atoms with Gasteiger partial charge in [-0.05, 0) is 44.4 Å². The number of urea groups is 1. The third-order valence-electron chi connectivity index (χ3n) is 4.78. The fourth-order valence-corrected chi connectivity index (χ4v) is 4.85.